The second-order valence-corrected chi connectivity index (χ2v) is 13.2. The molecule has 0 aliphatic rings. The number of anilines is 2. The summed E-state index contributed by atoms with van der Waals surface area (Å²) in [6, 6.07) is 57.5. The summed E-state index contributed by atoms with van der Waals surface area (Å²) in [6.07, 6.45) is 0. The van der Waals surface area contributed by atoms with Crippen molar-refractivity contribution < 1.29 is 9.59 Å². The second kappa shape index (κ2) is 14.9. The number of benzene rings is 9. The van der Waals surface area contributed by atoms with E-state index < -0.39 is 0 Å². The lowest BCUT2D eigenvalue weighted by atomic mass is 10.1. The van der Waals surface area contributed by atoms with Gasteiger partial charge in [-0.15, -0.1) is 20.5 Å². The van der Waals surface area contributed by atoms with Gasteiger partial charge >= 0.3 is 0 Å². The van der Waals surface area contributed by atoms with E-state index in [1.54, 1.807) is 24.3 Å². The molecule has 9 aromatic carbocycles. The first-order valence-corrected chi connectivity index (χ1v) is 18.1. The summed E-state index contributed by atoms with van der Waals surface area (Å²) in [5.41, 5.74) is 5.05. The van der Waals surface area contributed by atoms with E-state index >= 15 is 0 Å². The SMILES string of the molecule is O=C(Nc1ccc(N=Nc2cccc3ccccc23)c2ccccc12)c1ccc(C(=O)Nc2ccc(N=Nc3cccc4ccccc34)c3ccccc23)cc1. The van der Waals surface area contributed by atoms with Crippen LogP contribution in [0.25, 0.3) is 43.1 Å². The van der Waals surface area contributed by atoms with Crippen LogP contribution >= 0.6 is 0 Å². The molecule has 0 radical (unpaired) electrons. The van der Waals surface area contributed by atoms with Gasteiger partial charge in [-0.05, 0) is 71.4 Å². The van der Waals surface area contributed by atoms with Crippen molar-refractivity contribution in [1.82, 2.24) is 0 Å². The zero-order valence-corrected chi connectivity index (χ0v) is 29.9. The highest BCUT2D eigenvalue weighted by molar-refractivity contribution is 6.13. The van der Waals surface area contributed by atoms with E-state index in [-0.39, 0.29) is 11.8 Å². The van der Waals surface area contributed by atoms with E-state index in [2.05, 4.69) is 31.1 Å². The van der Waals surface area contributed by atoms with Gasteiger partial charge in [0, 0.05) is 54.8 Å². The molecule has 0 spiro atoms. The molecule has 266 valence electrons. The van der Waals surface area contributed by atoms with Crippen molar-refractivity contribution in [2.45, 2.75) is 0 Å². The fourth-order valence-electron chi connectivity index (χ4n) is 6.93. The Labute approximate surface area is 321 Å². The third-order valence-electron chi connectivity index (χ3n) is 9.77. The maximum absolute atomic E-state index is 13.5. The van der Waals surface area contributed by atoms with Gasteiger partial charge in [-0.25, -0.2) is 0 Å². The molecule has 0 saturated heterocycles. The van der Waals surface area contributed by atoms with Crippen LogP contribution in [0.15, 0.2) is 202 Å². The Bertz CT molecular complexity index is 2810. The van der Waals surface area contributed by atoms with Gasteiger partial charge in [-0.3, -0.25) is 9.59 Å². The van der Waals surface area contributed by atoms with E-state index in [9.17, 15) is 9.59 Å². The van der Waals surface area contributed by atoms with Gasteiger partial charge < -0.3 is 10.6 Å². The van der Waals surface area contributed by atoms with Crippen LogP contribution in [0, 0.1) is 0 Å². The highest BCUT2D eigenvalue weighted by Gasteiger charge is 2.14. The van der Waals surface area contributed by atoms with Gasteiger partial charge in [0.05, 0.1) is 22.7 Å². The summed E-state index contributed by atoms with van der Waals surface area (Å²) in [5.74, 6) is -0.599. The number of hydrogen-bond donors (Lipinski definition) is 2. The van der Waals surface area contributed by atoms with Crippen molar-refractivity contribution in [1.29, 1.82) is 0 Å². The first kappa shape index (κ1) is 34.0. The standard InChI is InChI=1S/C48H32N6O2/c55-47(49-41-27-29-45(39-19-7-5-17-37(39)41)53-51-43-21-9-13-31-11-1-3-15-35(31)43)33-23-25-34(26-24-33)48(56)50-42-28-30-46(40-20-8-6-18-38(40)42)54-52-44-22-10-14-32-12-2-4-16-36(32)44/h1-30H,(H,49,55)(H,50,56). The molecule has 9 rings (SSSR count). The largest absolute Gasteiger partial charge is 0.321 e. The quantitative estimate of drug-likeness (QED) is 0.152. The number of nitrogens with zero attached hydrogens (tertiary/aromatic N) is 4. The van der Waals surface area contributed by atoms with Crippen LogP contribution in [0.5, 0.6) is 0 Å². The molecule has 9 aromatic rings. The Kier molecular flexibility index (Phi) is 9.03. The number of hydrogen-bond acceptors (Lipinski definition) is 6. The molecule has 0 bridgehead atoms. The van der Waals surface area contributed by atoms with Crippen molar-refractivity contribution in [3.05, 3.63) is 193 Å². The predicted molar refractivity (Wildman–Crippen MR) is 226 cm³/mol. The fourth-order valence-corrected chi connectivity index (χ4v) is 6.93. The third kappa shape index (κ3) is 6.74. The number of carbonyl (C=O) groups excluding carboxylic acids is 2. The highest BCUT2D eigenvalue weighted by Crippen LogP contribution is 2.36. The molecule has 2 amide bonds. The van der Waals surface area contributed by atoms with Crippen molar-refractivity contribution >= 4 is 89.0 Å². The van der Waals surface area contributed by atoms with E-state index in [4.69, 9.17) is 0 Å². The summed E-state index contributed by atoms with van der Waals surface area (Å²) in [5, 5.41) is 32.1. The zero-order chi connectivity index (χ0) is 37.8. The molecular formula is C48H32N6O2. The van der Waals surface area contributed by atoms with Crippen LogP contribution in [0.1, 0.15) is 20.7 Å². The summed E-state index contributed by atoms with van der Waals surface area (Å²) < 4.78 is 0. The van der Waals surface area contributed by atoms with E-state index in [0.717, 1.165) is 54.5 Å². The topological polar surface area (TPSA) is 108 Å². The van der Waals surface area contributed by atoms with Crippen molar-refractivity contribution in [2.75, 3.05) is 10.6 Å². The monoisotopic (exact) mass is 724 g/mol. The maximum Gasteiger partial charge on any atom is 0.255 e. The van der Waals surface area contributed by atoms with Crippen LogP contribution < -0.4 is 10.6 Å². The summed E-state index contributed by atoms with van der Waals surface area (Å²) in [4.78, 5) is 26.9. The van der Waals surface area contributed by atoms with Gasteiger partial charge in [0.25, 0.3) is 11.8 Å². The number of carbonyl (C=O) groups is 2. The Balaban J connectivity index is 0.908. The number of fused-ring (bicyclic) bond motifs is 4. The number of azo groups is 2. The second-order valence-electron chi connectivity index (χ2n) is 13.2. The zero-order valence-electron chi connectivity index (χ0n) is 29.9. The lowest BCUT2D eigenvalue weighted by Crippen LogP contribution is -2.14. The normalized spacial score (nSPS) is 11.6. The molecule has 8 heteroatoms. The molecule has 0 aromatic heterocycles. The van der Waals surface area contributed by atoms with E-state index in [0.29, 0.717) is 33.9 Å². The fraction of sp³-hybridized carbons (Fsp3) is 0. The van der Waals surface area contributed by atoms with E-state index in [1.807, 2.05) is 158 Å². The summed E-state index contributed by atoms with van der Waals surface area (Å²) >= 11 is 0. The molecule has 0 saturated carbocycles. The third-order valence-corrected chi connectivity index (χ3v) is 9.77. The maximum atomic E-state index is 13.5. The minimum absolute atomic E-state index is 0.300. The lowest BCUT2D eigenvalue weighted by Gasteiger charge is -2.12. The molecule has 0 aliphatic carbocycles. The molecule has 0 fully saturated rings. The number of nitrogens with one attached hydrogen (secondary N) is 2. The van der Waals surface area contributed by atoms with Gasteiger partial charge in [-0.2, -0.15) is 0 Å². The highest BCUT2D eigenvalue weighted by atomic mass is 16.2. The molecule has 56 heavy (non-hydrogen) atoms. The minimum atomic E-state index is -0.300. The van der Waals surface area contributed by atoms with Crippen molar-refractivity contribution in [2.24, 2.45) is 20.5 Å². The van der Waals surface area contributed by atoms with Gasteiger partial charge in [0.1, 0.15) is 0 Å². The van der Waals surface area contributed by atoms with Gasteiger partial charge in [0.15, 0.2) is 0 Å². The van der Waals surface area contributed by atoms with E-state index in [1.165, 1.54) is 0 Å². The van der Waals surface area contributed by atoms with Crippen LogP contribution in [0.2, 0.25) is 0 Å². The molecular weight excluding hydrogens is 693 g/mol. The molecule has 0 atom stereocenters. The summed E-state index contributed by atoms with van der Waals surface area (Å²) in [6.45, 7) is 0. The predicted octanol–water partition coefficient (Wildman–Crippen LogP) is 13.6. The first-order valence-electron chi connectivity index (χ1n) is 18.1. The number of rotatable bonds is 8. The lowest BCUT2D eigenvalue weighted by molar-refractivity contribution is 0.101. The summed E-state index contributed by atoms with van der Waals surface area (Å²) in [7, 11) is 0. The van der Waals surface area contributed by atoms with Gasteiger partial charge in [-0.1, -0.05) is 121 Å². The van der Waals surface area contributed by atoms with Gasteiger partial charge in [0.2, 0.25) is 0 Å². The average Bonchev–Trinajstić information content (AvgIpc) is 3.26. The van der Waals surface area contributed by atoms with Crippen molar-refractivity contribution in [3.8, 4) is 0 Å². The smallest absolute Gasteiger partial charge is 0.255 e. The molecule has 8 nitrogen and oxygen atoms in total. The Morgan fingerprint density at radius 3 is 1.04 bits per heavy atom. The molecule has 0 unspecified atom stereocenters. The molecule has 2 N–H and O–H groups in total. The number of amides is 2. The Hall–Kier alpha value is -7.84. The minimum Gasteiger partial charge on any atom is -0.321 e. The first-order chi connectivity index (χ1) is 27.6. The average molecular weight is 725 g/mol. The van der Waals surface area contributed by atoms with Crippen LogP contribution in [0.4, 0.5) is 34.1 Å². The Morgan fingerprint density at radius 2 is 0.625 bits per heavy atom. The Morgan fingerprint density at radius 1 is 0.304 bits per heavy atom. The van der Waals surface area contributed by atoms with Crippen LogP contribution in [0.3, 0.4) is 0 Å². The van der Waals surface area contributed by atoms with Crippen LogP contribution in [-0.4, -0.2) is 11.8 Å². The molecule has 0 aliphatic heterocycles. The molecule has 0 heterocycles. The van der Waals surface area contributed by atoms with Crippen LogP contribution in [-0.2, 0) is 0 Å². The van der Waals surface area contributed by atoms with Crippen molar-refractivity contribution in [3.63, 3.8) is 0 Å².